The Labute approximate surface area is 325 Å². The molecule has 286 valence electrons. The second-order valence-electron chi connectivity index (χ2n) is 14.7. The summed E-state index contributed by atoms with van der Waals surface area (Å²) in [5, 5.41) is 7.29. The predicted molar refractivity (Wildman–Crippen MR) is 205 cm³/mol. The van der Waals surface area contributed by atoms with Gasteiger partial charge < -0.3 is 14.4 Å². The number of imide groups is 1. The number of aromatic nitrogens is 3. The van der Waals surface area contributed by atoms with Crippen LogP contribution in [0.3, 0.4) is 0 Å². The Hall–Kier alpha value is -5.80. The number of piperidine rings is 1. The fourth-order valence-electron chi connectivity index (χ4n) is 8.39. The first-order chi connectivity index (χ1) is 27.2. The quantitative estimate of drug-likeness (QED) is 0.190. The maximum absolute atomic E-state index is 15.9. The highest BCUT2D eigenvalue weighted by molar-refractivity contribution is 7.13. The topological polar surface area (TPSA) is 133 Å². The van der Waals surface area contributed by atoms with E-state index in [0.717, 1.165) is 68.1 Å². The Kier molecular flexibility index (Phi) is 9.41. The van der Waals surface area contributed by atoms with Crippen molar-refractivity contribution in [1.29, 1.82) is 0 Å². The van der Waals surface area contributed by atoms with Gasteiger partial charge in [0.05, 0.1) is 24.5 Å². The fraction of sp³-hybridized carbons (Fsp3) is 0.317. The first-order valence-corrected chi connectivity index (χ1v) is 19.7. The molecule has 2 saturated heterocycles. The molecule has 5 aromatic rings. The average Bonchev–Trinajstić information content (AvgIpc) is 4.01. The lowest BCUT2D eigenvalue weighted by Crippen LogP contribution is -2.46. The zero-order valence-corrected chi connectivity index (χ0v) is 31.2. The third-order valence-electron chi connectivity index (χ3n) is 11.3. The lowest BCUT2D eigenvalue weighted by Gasteiger charge is -2.36. The number of benzene rings is 3. The summed E-state index contributed by atoms with van der Waals surface area (Å²) >= 11 is 1.27. The van der Waals surface area contributed by atoms with Gasteiger partial charge in [-0.15, -0.1) is 11.3 Å². The molecule has 2 aromatic heterocycles. The van der Waals surface area contributed by atoms with Crippen molar-refractivity contribution in [3.05, 3.63) is 118 Å². The van der Waals surface area contributed by atoms with E-state index in [2.05, 4.69) is 30.4 Å². The minimum Gasteiger partial charge on any atom is -0.369 e. The second-order valence-corrected chi connectivity index (χ2v) is 15.6. The number of amides is 4. The molecule has 12 nitrogen and oxygen atoms in total. The summed E-state index contributed by atoms with van der Waals surface area (Å²) < 4.78 is 33.0. The molecule has 3 aromatic carbocycles. The zero-order chi connectivity index (χ0) is 38.5. The molecule has 0 spiro atoms. The molecule has 2 atom stereocenters. The molecule has 56 heavy (non-hydrogen) atoms. The number of anilines is 2. The lowest BCUT2D eigenvalue weighted by molar-refractivity contribution is -0.134. The molecule has 6 heterocycles. The monoisotopic (exact) mass is 776 g/mol. The van der Waals surface area contributed by atoms with Gasteiger partial charge in [0.2, 0.25) is 11.8 Å². The summed E-state index contributed by atoms with van der Waals surface area (Å²) in [7, 11) is 0. The number of carbonyl (C=O) groups is 4. The van der Waals surface area contributed by atoms with E-state index >= 15 is 8.78 Å². The van der Waals surface area contributed by atoms with Gasteiger partial charge in [-0.3, -0.25) is 34.7 Å². The first kappa shape index (κ1) is 35.9. The summed E-state index contributed by atoms with van der Waals surface area (Å²) in [5.74, 6) is -3.25. The molecule has 15 heteroatoms. The Morgan fingerprint density at radius 1 is 0.929 bits per heavy atom. The Morgan fingerprint density at radius 2 is 1.75 bits per heavy atom. The number of halogens is 2. The average molecular weight is 777 g/mol. The zero-order valence-electron chi connectivity index (χ0n) is 30.3. The van der Waals surface area contributed by atoms with Crippen LogP contribution >= 0.6 is 11.3 Å². The minimum absolute atomic E-state index is 0.0595. The van der Waals surface area contributed by atoms with Crippen molar-refractivity contribution in [2.45, 2.75) is 57.3 Å². The summed E-state index contributed by atoms with van der Waals surface area (Å²) in [5.41, 5.74) is 5.37. The van der Waals surface area contributed by atoms with Crippen molar-refractivity contribution in [1.82, 2.24) is 29.7 Å². The molecule has 4 aliphatic rings. The second kappa shape index (κ2) is 14.7. The van der Waals surface area contributed by atoms with Gasteiger partial charge in [0, 0.05) is 85.3 Å². The van der Waals surface area contributed by atoms with Crippen molar-refractivity contribution >= 4 is 45.8 Å². The molecule has 0 bridgehead atoms. The smallest absolute Gasteiger partial charge is 0.255 e. The number of thiazole rings is 1. The molecular weight excluding hydrogens is 739 g/mol. The lowest BCUT2D eigenvalue weighted by atomic mass is 9.89. The summed E-state index contributed by atoms with van der Waals surface area (Å²) in [6, 6.07) is 14.9. The van der Waals surface area contributed by atoms with Crippen LogP contribution in [0.2, 0.25) is 0 Å². The molecule has 4 amide bonds. The molecular formula is C41H38F2N8O4S. The molecule has 2 fully saturated rings. The van der Waals surface area contributed by atoms with Crippen LogP contribution < -0.4 is 15.5 Å². The van der Waals surface area contributed by atoms with E-state index in [1.807, 2.05) is 34.9 Å². The maximum atomic E-state index is 15.9. The van der Waals surface area contributed by atoms with Gasteiger partial charge in [-0.2, -0.15) is 0 Å². The summed E-state index contributed by atoms with van der Waals surface area (Å²) in [6.45, 7) is 4.33. The van der Waals surface area contributed by atoms with Crippen LogP contribution in [-0.2, 0) is 40.4 Å². The van der Waals surface area contributed by atoms with Gasteiger partial charge in [-0.05, 0) is 66.3 Å². The van der Waals surface area contributed by atoms with E-state index in [-0.39, 0.29) is 30.0 Å². The number of hydrogen-bond acceptors (Lipinski definition) is 9. The number of hydrogen-bond donors (Lipinski definition) is 2. The SMILES string of the molecule is O=C1CCC(c2ccc(CN3CCN(c4ccc(-c5cc(F)c6c(c5)C(=O)N(C(C(=O)Nc5nccs5)c5ncn7c5CCC7)C6)cc4)CC3)cc2F)C(=O)N1. The molecule has 0 radical (unpaired) electrons. The fourth-order valence-corrected chi connectivity index (χ4v) is 8.93. The predicted octanol–water partition coefficient (Wildman–Crippen LogP) is 5.41. The summed E-state index contributed by atoms with van der Waals surface area (Å²) in [4.78, 5) is 66.3. The number of fused-ring (bicyclic) bond motifs is 2. The van der Waals surface area contributed by atoms with E-state index in [4.69, 9.17) is 0 Å². The standard InChI is InChI=1S/C41H38F2N8O4S/c42-32-18-24(3-8-28(32)29-9-10-35(52)46-38(29)53)21-48-13-15-49(16-14-48)27-6-4-25(5-7-27)26-19-30-31(33(43)20-26)22-51(40(30)55)37(39(54)47-41-44-11-17-56-41)36-34-2-1-12-50(34)23-45-36/h3-8,11,17-20,23,29,37H,1-2,9-10,12-16,21-22H2,(H,44,47,54)(H,46,52,53). The van der Waals surface area contributed by atoms with Gasteiger partial charge in [0.1, 0.15) is 11.6 Å². The van der Waals surface area contributed by atoms with Crippen LogP contribution in [0.25, 0.3) is 11.1 Å². The number of imidazole rings is 1. The van der Waals surface area contributed by atoms with Crippen molar-refractivity contribution in [2.24, 2.45) is 0 Å². The molecule has 0 saturated carbocycles. The third-order valence-corrected chi connectivity index (χ3v) is 12.0. The van der Waals surface area contributed by atoms with Crippen LogP contribution in [0.15, 0.2) is 72.5 Å². The maximum Gasteiger partial charge on any atom is 0.255 e. The molecule has 2 unspecified atom stereocenters. The summed E-state index contributed by atoms with van der Waals surface area (Å²) in [6.07, 6.45) is 5.45. The van der Waals surface area contributed by atoms with Gasteiger partial charge in [0.15, 0.2) is 11.2 Å². The van der Waals surface area contributed by atoms with E-state index in [9.17, 15) is 19.2 Å². The van der Waals surface area contributed by atoms with E-state index < -0.39 is 41.3 Å². The van der Waals surface area contributed by atoms with Crippen LogP contribution in [0, 0.1) is 11.6 Å². The number of piperazine rings is 1. The van der Waals surface area contributed by atoms with Gasteiger partial charge in [0.25, 0.3) is 11.8 Å². The van der Waals surface area contributed by atoms with Crippen LogP contribution in [0.5, 0.6) is 0 Å². The highest BCUT2D eigenvalue weighted by Gasteiger charge is 2.42. The molecule has 9 rings (SSSR count). The number of nitrogens with one attached hydrogen (secondary N) is 2. The van der Waals surface area contributed by atoms with Crippen LogP contribution in [0.4, 0.5) is 19.6 Å². The van der Waals surface area contributed by atoms with E-state index in [1.54, 1.807) is 30.0 Å². The van der Waals surface area contributed by atoms with Crippen LogP contribution in [-0.4, -0.2) is 74.1 Å². The van der Waals surface area contributed by atoms with E-state index in [1.165, 1.54) is 28.4 Å². The highest BCUT2D eigenvalue weighted by atomic mass is 32.1. The largest absolute Gasteiger partial charge is 0.369 e. The number of nitrogens with zero attached hydrogens (tertiary/aromatic N) is 6. The van der Waals surface area contributed by atoms with Gasteiger partial charge in [-0.25, -0.2) is 18.7 Å². The van der Waals surface area contributed by atoms with Crippen LogP contribution in [0.1, 0.15) is 69.7 Å². The van der Waals surface area contributed by atoms with E-state index in [0.29, 0.717) is 34.9 Å². The van der Waals surface area contributed by atoms with Crippen molar-refractivity contribution < 1.29 is 28.0 Å². The first-order valence-electron chi connectivity index (χ1n) is 18.8. The normalized spacial score (nSPS) is 18.9. The molecule has 0 aliphatic carbocycles. The van der Waals surface area contributed by atoms with Gasteiger partial charge >= 0.3 is 0 Å². The number of rotatable bonds is 9. The number of carbonyl (C=O) groups excluding carboxylic acids is 4. The Morgan fingerprint density at radius 3 is 2.50 bits per heavy atom. The minimum atomic E-state index is -1.05. The highest BCUT2D eigenvalue weighted by Crippen LogP contribution is 2.38. The van der Waals surface area contributed by atoms with Crippen molar-refractivity contribution in [3.63, 3.8) is 0 Å². The molecule has 4 aliphatic heterocycles. The van der Waals surface area contributed by atoms with Gasteiger partial charge in [-0.1, -0.05) is 24.3 Å². The molecule has 2 N–H and O–H groups in total. The van der Waals surface area contributed by atoms with Crippen molar-refractivity contribution in [3.8, 4) is 11.1 Å². The van der Waals surface area contributed by atoms with Crippen molar-refractivity contribution in [2.75, 3.05) is 36.4 Å². The Balaban J connectivity index is 0.862. The third kappa shape index (κ3) is 6.74. The Bertz CT molecular complexity index is 2360. The number of aryl methyl sites for hydroxylation is 1.